The van der Waals surface area contributed by atoms with Gasteiger partial charge >= 0.3 is 0 Å². The Hall–Kier alpha value is -2.54. The molecule has 1 nitrogen and oxygen atoms in total. The molecule has 3 aromatic carbocycles. The predicted octanol–water partition coefficient (Wildman–Crippen LogP) is 6.43. The fraction of sp³-hybridized carbons (Fsp3) is 0.240. The molecule has 0 atom stereocenters. The minimum atomic E-state index is 0.620. The van der Waals surface area contributed by atoms with Gasteiger partial charge in [-0.1, -0.05) is 72.8 Å². The summed E-state index contributed by atoms with van der Waals surface area (Å²) in [6, 6.07) is 29.5. The van der Waals surface area contributed by atoms with E-state index < -0.39 is 0 Å². The van der Waals surface area contributed by atoms with Crippen LogP contribution in [-0.4, -0.2) is 0 Å². The first-order chi connectivity index (χ1) is 12.9. The average Bonchev–Trinajstić information content (AvgIpc) is 2.71. The lowest BCUT2D eigenvalue weighted by Gasteiger charge is -2.07. The summed E-state index contributed by atoms with van der Waals surface area (Å²) in [5.74, 6) is 0.935. The molecule has 0 unspecified atom stereocenters. The number of hydrogen-bond acceptors (Lipinski definition) is 1. The monoisotopic (exact) mass is 343 g/mol. The van der Waals surface area contributed by atoms with Gasteiger partial charge in [0.05, 0.1) is 0 Å². The number of rotatable bonds is 10. The van der Waals surface area contributed by atoms with Crippen LogP contribution in [0, 0.1) is 6.42 Å². The minimum Gasteiger partial charge on any atom is -0.489 e. The molecule has 0 amide bonds. The van der Waals surface area contributed by atoms with Crippen molar-refractivity contribution >= 4 is 0 Å². The van der Waals surface area contributed by atoms with E-state index in [2.05, 4.69) is 73.2 Å². The number of aryl methyl sites for hydroxylation is 2. The summed E-state index contributed by atoms with van der Waals surface area (Å²) < 4.78 is 5.84. The number of ether oxygens (including phenoxy) is 1. The summed E-state index contributed by atoms with van der Waals surface area (Å²) in [7, 11) is 0. The summed E-state index contributed by atoms with van der Waals surface area (Å²) in [5, 5.41) is 0. The van der Waals surface area contributed by atoms with Crippen molar-refractivity contribution in [3.63, 3.8) is 0 Å². The van der Waals surface area contributed by atoms with Crippen molar-refractivity contribution in [2.75, 3.05) is 0 Å². The Bertz CT molecular complexity index is 732. The lowest BCUT2D eigenvalue weighted by atomic mass is 10.0. The molecular formula is C25H27O. The SMILES string of the molecule is [CH](CCCc1ccccc1)CCc1ccc(OCc2ccccc2)cc1. The molecule has 0 aliphatic heterocycles. The molecule has 1 radical (unpaired) electrons. The lowest BCUT2D eigenvalue weighted by molar-refractivity contribution is 0.306. The average molecular weight is 343 g/mol. The van der Waals surface area contributed by atoms with E-state index in [1.807, 2.05) is 18.2 Å². The maximum absolute atomic E-state index is 5.84. The second-order valence-corrected chi connectivity index (χ2v) is 6.62. The van der Waals surface area contributed by atoms with Crippen LogP contribution >= 0.6 is 0 Å². The van der Waals surface area contributed by atoms with Crippen LogP contribution in [0.4, 0.5) is 0 Å². The van der Waals surface area contributed by atoms with Gasteiger partial charge in [-0.25, -0.2) is 0 Å². The number of hydrogen-bond donors (Lipinski definition) is 0. The van der Waals surface area contributed by atoms with Gasteiger partial charge in [-0.15, -0.1) is 0 Å². The third-order valence-corrected chi connectivity index (χ3v) is 4.53. The molecule has 3 rings (SSSR count). The Labute approximate surface area is 157 Å². The van der Waals surface area contributed by atoms with E-state index in [1.54, 1.807) is 0 Å². The van der Waals surface area contributed by atoms with Crippen LogP contribution in [0.3, 0.4) is 0 Å². The maximum atomic E-state index is 5.84. The van der Waals surface area contributed by atoms with Crippen molar-refractivity contribution < 1.29 is 4.74 Å². The Kier molecular flexibility index (Phi) is 7.34. The highest BCUT2D eigenvalue weighted by Crippen LogP contribution is 2.16. The van der Waals surface area contributed by atoms with Gasteiger partial charge in [0.15, 0.2) is 0 Å². The van der Waals surface area contributed by atoms with E-state index in [-0.39, 0.29) is 0 Å². The highest BCUT2D eigenvalue weighted by Gasteiger charge is 1.98. The molecule has 0 saturated heterocycles. The van der Waals surface area contributed by atoms with Crippen LogP contribution < -0.4 is 4.74 Å². The third kappa shape index (κ3) is 6.40. The predicted molar refractivity (Wildman–Crippen MR) is 109 cm³/mol. The second kappa shape index (κ2) is 10.5. The van der Waals surface area contributed by atoms with Crippen molar-refractivity contribution in [2.45, 2.75) is 38.7 Å². The van der Waals surface area contributed by atoms with E-state index in [0.717, 1.165) is 18.6 Å². The van der Waals surface area contributed by atoms with Crippen LogP contribution in [0.15, 0.2) is 84.9 Å². The smallest absolute Gasteiger partial charge is 0.119 e. The van der Waals surface area contributed by atoms with Crippen molar-refractivity contribution in [3.05, 3.63) is 108 Å². The van der Waals surface area contributed by atoms with Crippen LogP contribution in [0.25, 0.3) is 0 Å². The molecule has 0 aromatic heterocycles. The van der Waals surface area contributed by atoms with Crippen molar-refractivity contribution in [1.82, 2.24) is 0 Å². The lowest BCUT2D eigenvalue weighted by Crippen LogP contribution is -1.95. The molecule has 0 aliphatic rings. The van der Waals surface area contributed by atoms with E-state index in [1.165, 1.54) is 36.0 Å². The highest BCUT2D eigenvalue weighted by atomic mass is 16.5. The molecule has 0 N–H and O–H groups in total. The van der Waals surface area contributed by atoms with Crippen molar-refractivity contribution in [2.24, 2.45) is 0 Å². The quantitative estimate of drug-likeness (QED) is 0.386. The van der Waals surface area contributed by atoms with Gasteiger partial charge in [0, 0.05) is 0 Å². The third-order valence-electron chi connectivity index (χ3n) is 4.53. The Morgan fingerprint density at radius 2 is 1.19 bits per heavy atom. The summed E-state index contributed by atoms with van der Waals surface area (Å²) in [6.07, 6.45) is 8.25. The van der Waals surface area contributed by atoms with Crippen molar-refractivity contribution in [3.8, 4) is 5.75 Å². The van der Waals surface area contributed by atoms with Crippen molar-refractivity contribution in [1.29, 1.82) is 0 Å². The zero-order chi connectivity index (χ0) is 17.9. The molecule has 0 heterocycles. The molecule has 133 valence electrons. The van der Waals surface area contributed by atoms with Crippen LogP contribution in [0.2, 0.25) is 0 Å². The number of unbranched alkanes of at least 4 members (excludes halogenated alkanes) is 3. The van der Waals surface area contributed by atoms with Gasteiger partial charge in [0.2, 0.25) is 0 Å². The Balaban J connectivity index is 1.30. The highest BCUT2D eigenvalue weighted by molar-refractivity contribution is 5.28. The van der Waals surface area contributed by atoms with Gasteiger partial charge in [-0.05, 0) is 67.3 Å². The van der Waals surface area contributed by atoms with Gasteiger partial charge in [0.25, 0.3) is 0 Å². The second-order valence-electron chi connectivity index (χ2n) is 6.62. The molecule has 26 heavy (non-hydrogen) atoms. The Morgan fingerprint density at radius 3 is 1.88 bits per heavy atom. The molecule has 0 fully saturated rings. The molecular weight excluding hydrogens is 316 g/mol. The van der Waals surface area contributed by atoms with Gasteiger partial charge in [-0.2, -0.15) is 0 Å². The first-order valence-electron chi connectivity index (χ1n) is 9.51. The van der Waals surface area contributed by atoms with E-state index in [9.17, 15) is 0 Å². The standard InChI is InChI=1S/C25H27O/c1(5-11-22-12-7-3-8-13-22)2-6-14-23-17-19-25(20-18-23)26-21-24-15-9-4-10-16-24/h2-4,7-10,12-13,15-20H,1,5-6,11,14,21H2. The van der Waals surface area contributed by atoms with E-state index in [4.69, 9.17) is 4.74 Å². The molecule has 0 spiro atoms. The first-order valence-corrected chi connectivity index (χ1v) is 9.51. The zero-order valence-corrected chi connectivity index (χ0v) is 15.3. The molecule has 3 aromatic rings. The Morgan fingerprint density at radius 1 is 0.577 bits per heavy atom. The van der Waals surface area contributed by atoms with E-state index in [0.29, 0.717) is 6.61 Å². The maximum Gasteiger partial charge on any atom is 0.119 e. The summed E-state index contributed by atoms with van der Waals surface area (Å²) in [4.78, 5) is 0. The summed E-state index contributed by atoms with van der Waals surface area (Å²) in [6.45, 7) is 0.620. The topological polar surface area (TPSA) is 9.23 Å². The largest absolute Gasteiger partial charge is 0.489 e. The minimum absolute atomic E-state index is 0.620. The normalized spacial score (nSPS) is 10.6. The van der Waals surface area contributed by atoms with Crippen LogP contribution in [-0.2, 0) is 19.4 Å². The summed E-state index contributed by atoms with van der Waals surface area (Å²) in [5.41, 5.74) is 4.00. The van der Waals surface area contributed by atoms with Gasteiger partial charge in [0.1, 0.15) is 12.4 Å². The fourth-order valence-electron chi connectivity index (χ4n) is 3.00. The van der Waals surface area contributed by atoms with Crippen LogP contribution in [0.1, 0.15) is 36.0 Å². The zero-order valence-electron chi connectivity index (χ0n) is 15.3. The molecule has 0 saturated carbocycles. The van der Waals surface area contributed by atoms with Gasteiger partial charge < -0.3 is 4.74 Å². The van der Waals surface area contributed by atoms with E-state index >= 15 is 0 Å². The molecule has 0 aliphatic carbocycles. The molecule has 1 heteroatoms. The number of benzene rings is 3. The molecule has 0 bridgehead atoms. The fourth-order valence-corrected chi connectivity index (χ4v) is 3.00. The van der Waals surface area contributed by atoms with Gasteiger partial charge in [-0.3, -0.25) is 0 Å². The van der Waals surface area contributed by atoms with Crippen LogP contribution in [0.5, 0.6) is 5.75 Å². The first kappa shape index (κ1) is 18.3. The summed E-state index contributed by atoms with van der Waals surface area (Å²) >= 11 is 0.